The van der Waals surface area contributed by atoms with Crippen molar-refractivity contribution in [2.24, 2.45) is 0 Å². The SMILES string of the molecule is O=C(/C=C/c1cccc2c1OCCO2)c1ccc(Br)cc1. The Morgan fingerprint density at radius 3 is 2.62 bits per heavy atom. The molecule has 1 aliphatic rings. The van der Waals surface area contributed by atoms with Crippen LogP contribution in [0.1, 0.15) is 15.9 Å². The Hall–Kier alpha value is -2.07. The van der Waals surface area contributed by atoms with E-state index in [-0.39, 0.29) is 5.78 Å². The molecule has 0 unspecified atom stereocenters. The first-order valence-corrected chi connectivity index (χ1v) is 7.40. The molecular weight excluding hydrogens is 332 g/mol. The Bertz CT molecular complexity index is 690. The van der Waals surface area contributed by atoms with Crippen LogP contribution in [-0.4, -0.2) is 19.0 Å². The van der Waals surface area contributed by atoms with Gasteiger partial charge in [-0.05, 0) is 42.5 Å². The fraction of sp³-hybridized carbons (Fsp3) is 0.118. The second-order valence-corrected chi connectivity index (χ2v) is 5.49. The second kappa shape index (κ2) is 6.14. The first-order chi connectivity index (χ1) is 10.2. The predicted octanol–water partition coefficient (Wildman–Crippen LogP) is 4.12. The molecule has 106 valence electrons. The number of ether oxygens (including phenoxy) is 2. The third-order valence-electron chi connectivity index (χ3n) is 3.14. The van der Waals surface area contributed by atoms with Gasteiger partial charge in [0.2, 0.25) is 0 Å². The quantitative estimate of drug-likeness (QED) is 0.620. The van der Waals surface area contributed by atoms with E-state index in [4.69, 9.17) is 9.47 Å². The van der Waals surface area contributed by atoms with Crippen molar-refractivity contribution < 1.29 is 14.3 Å². The van der Waals surface area contributed by atoms with E-state index in [9.17, 15) is 4.79 Å². The summed E-state index contributed by atoms with van der Waals surface area (Å²) in [5.74, 6) is 1.37. The lowest BCUT2D eigenvalue weighted by atomic mass is 10.1. The summed E-state index contributed by atoms with van der Waals surface area (Å²) in [6.07, 6.45) is 3.31. The summed E-state index contributed by atoms with van der Waals surface area (Å²) in [5, 5.41) is 0. The van der Waals surface area contributed by atoms with E-state index in [1.54, 1.807) is 24.3 Å². The molecule has 3 rings (SSSR count). The molecule has 0 atom stereocenters. The largest absolute Gasteiger partial charge is 0.486 e. The van der Waals surface area contributed by atoms with E-state index >= 15 is 0 Å². The van der Waals surface area contributed by atoms with Crippen molar-refractivity contribution >= 4 is 27.8 Å². The number of ketones is 1. The molecule has 0 saturated heterocycles. The average molecular weight is 345 g/mol. The molecule has 1 heterocycles. The standard InChI is InChI=1S/C17H13BrO3/c18-14-7-4-12(5-8-14)15(19)9-6-13-2-1-3-16-17(13)21-11-10-20-16/h1-9H,10-11H2/b9-6+. The smallest absolute Gasteiger partial charge is 0.185 e. The van der Waals surface area contributed by atoms with Crippen LogP contribution < -0.4 is 9.47 Å². The van der Waals surface area contributed by atoms with Crippen LogP contribution in [0.15, 0.2) is 53.0 Å². The lowest BCUT2D eigenvalue weighted by Crippen LogP contribution is -2.15. The van der Waals surface area contributed by atoms with E-state index < -0.39 is 0 Å². The van der Waals surface area contributed by atoms with Crippen molar-refractivity contribution in [3.63, 3.8) is 0 Å². The number of para-hydroxylation sites is 1. The van der Waals surface area contributed by atoms with Crippen LogP contribution in [0.3, 0.4) is 0 Å². The molecule has 2 aromatic rings. The van der Waals surface area contributed by atoms with Crippen LogP contribution in [-0.2, 0) is 0 Å². The van der Waals surface area contributed by atoms with Gasteiger partial charge in [-0.3, -0.25) is 4.79 Å². The van der Waals surface area contributed by atoms with Gasteiger partial charge in [0.1, 0.15) is 13.2 Å². The molecule has 1 aliphatic heterocycles. The lowest BCUT2D eigenvalue weighted by molar-refractivity contribution is 0.104. The zero-order valence-electron chi connectivity index (χ0n) is 11.2. The van der Waals surface area contributed by atoms with E-state index in [1.165, 1.54) is 0 Å². The Kier molecular flexibility index (Phi) is 4.06. The van der Waals surface area contributed by atoms with Crippen LogP contribution in [0, 0.1) is 0 Å². The maximum atomic E-state index is 12.1. The molecule has 0 aliphatic carbocycles. The van der Waals surface area contributed by atoms with Gasteiger partial charge in [-0.15, -0.1) is 0 Å². The van der Waals surface area contributed by atoms with Crippen LogP contribution >= 0.6 is 15.9 Å². The molecule has 3 nitrogen and oxygen atoms in total. The molecular formula is C17H13BrO3. The van der Waals surface area contributed by atoms with Gasteiger partial charge in [-0.1, -0.05) is 28.1 Å². The number of hydrogen-bond acceptors (Lipinski definition) is 3. The molecule has 0 fully saturated rings. The number of fused-ring (bicyclic) bond motifs is 1. The molecule has 0 aromatic heterocycles. The molecule has 0 amide bonds. The maximum Gasteiger partial charge on any atom is 0.185 e. The van der Waals surface area contributed by atoms with Crippen molar-refractivity contribution in [2.45, 2.75) is 0 Å². The van der Waals surface area contributed by atoms with E-state index in [2.05, 4.69) is 15.9 Å². The monoisotopic (exact) mass is 344 g/mol. The first-order valence-electron chi connectivity index (χ1n) is 6.60. The minimum atomic E-state index is -0.0446. The number of halogens is 1. The number of allylic oxidation sites excluding steroid dienone is 1. The van der Waals surface area contributed by atoms with Gasteiger partial charge in [0.15, 0.2) is 17.3 Å². The van der Waals surface area contributed by atoms with Gasteiger partial charge in [-0.25, -0.2) is 0 Å². The summed E-state index contributed by atoms with van der Waals surface area (Å²) in [6.45, 7) is 1.08. The lowest BCUT2D eigenvalue weighted by Gasteiger charge is -2.19. The molecule has 0 radical (unpaired) electrons. The van der Waals surface area contributed by atoms with Gasteiger partial charge >= 0.3 is 0 Å². The van der Waals surface area contributed by atoms with E-state index in [0.29, 0.717) is 24.5 Å². The number of carbonyl (C=O) groups excluding carboxylic acids is 1. The highest BCUT2D eigenvalue weighted by molar-refractivity contribution is 9.10. The average Bonchev–Trinajstić information content (AvgIpc) is 2.53. The maximum absolute atomic E-state index is 12.1. The van der Waals surface area contributed by atoms with Crippen LogP contribution in [0.25, 0.3) is 6.08 Å². The molecule has 0 bridgehead atoms. The van der Waals surface area contributed by atoms with Gasteiger partial charge in [0.05, 0.1) is 0 Å². The predicted molar refractivity (Wildman–Crippen MR) is 84.9 cm³/mol. The summed E-state index contributed by atoms with van der Waals surface area (Å²) in [7, 11) is 0. The molecule has 21 heavy (non-hydrogen) atoms. The Morgan fingerprint density at radius 2 is 1.81 bits per heavy atom. The summed E-state index contributed by atoms with van der Waals surface area (Å²) in [5.41, 5.74) is 1.49. The van der Waals surface area contributed by atoms with E-state index in [1.807, 2.05) is 30.3 Å². The zero-order valence-corrected chi connectivity index (χ0v) is 12.8. The topological polar surface area (TPSA) is 35.5 Å². The summed E-state index contributed by atoms with van der Waals surface area (Å²) < 4.78 is 12.1. The third kappa shape index (κ3) is 3.16. The first kappa shape index (κ1) is 13.9. The van der Waals surface area contributed by atoms with Crippen molar-refractivity contribution in [2.75, 3.05) is 13.2 Å². The van der Waals surface area contributed by atoms with Crippen LogP contribution in [0.5, 0.6) is 11.5 Å². The Labute approximate surface area is 131 Å². The van der Waals surface area contributed by atoms with Crippen molar-refractivity contribution in [1.29, 1.82) is 0 Å². The minimum absolute atomic E-state index is 0.0446. The molecule has 0 spiro atoms. The van der Waals surface area contributed by atoms with Crippen LogP contribution in [0.2, 0.25) is 0 Å². The number of carbonyl (C=O) groups is 1. The highest BCUT2D eigenvalue weighted by Crippen LogP contribution is 2.34. The summed E-state index contributed by atoms with van der Waals surface area (Å²) in [4.78, 5) is 12.1. The summed E-state index contributed by atoms with van der Waals surface area (Å²) in [6, 6.07) is 12.9. The zero-order chi connectivity index (χ0) is 14.7. The van der Waals surface area contributed by atoms with Crippen LogP contribution in [0.4, 0.5) is 0 Å². The molecule has 4 heteroatoms. The van der Waals surface area contributed by atoms with Crippen molar-refractivity contribution in [3.8, 4) is 11.5 Å². The van der Waals surface area contributed by atoms with Gasteiger partial charge in [0, 0.05) is 15.6 Å². The summed E-state index contributed by atoms with van der Waals surface area (Å²) >= 11 is 3.35. The Balaban J connectivity index is 1.83. The normalized spacial score (nSPS) is 13.4. The fourth-order valence-electron chi connectivity index (χ4n) is 2.10. The number of benzene rings is 2. The van der Waals surface area contributed by atoms with Gasteiger partial charge in [0.25, 0.3) is 0 Å². The minimum Gasteiger partial charge on any atom is -0.486 e. The molecule has 2 aromatic carbocycles. The third-order valence-corrected chi connectivity index (χ3v) is 3.67. The van der Waals surface area contributed by atoms with Crippen molar-refractivity contribution in [1.82, 2.24) is 0 Å². The Morgan fingerprint density at radius 1 is 1.05 bits per heavy atom. The van der Waals surface area contributed by atoms with Gasteiger partial charge in [-0.2, -0.15) is 0 Å². The molecule has 0 saturated carbocycles. The highest BCUT2D eigenvalue weighted by atomic mass is 79.9. The fourth-order valence-corrected chi connectivity index (χ4v) is 2.37. The van der Waals surface area contributed by atoms with E-state index in [0.717, 1.165) is 15.8 Å². The van der Waals surface area contributed by atoms with Gasteiger partial charge < -0.3 is 9.47 Å². The second-order valence-electron chi connectivity index (χ2n) is 4.58. The van der Waals surface area contributed by atoms with Crippen molar-refractivity contribution in [3.05, 3.63) is 64.1 Å². The number of rotatable bonds is 3. The number of hydrogen-bond donors (Lipinski definition) is 0. The highest BCUT2D eigenvalue weighted by Gasteiger charge is 2.14. The molecule has 0 N–H and O–H groups in total.